The molecule has 2 amide bonds. The van der Waals surface area contributed by atoms with Gasteiger partial charge in [0.25, 0.3) is 11.8 Å². The van der Waals surface area contributed by atoms with Crippen LogP contribution >= 0.6 is 0 Å². The number of anilines is 1. The lowest BCUT2D eigenvalue weighted by Crippen LogP contribution is -2.23. The third kappa shape index (κ3) is 5.07. The van der Waals surface area contributed by atoms with Gasteiger partial charge in [0.05, 0.1) is 7.11 Å². The number of benzene rings is 2. The van der Waals surface area contributed by atoms with Crippen LogP contribution in [-0.4, -0.2) is 38.0 Å². The van der Waals surface area contributed by atoms with E-state index in [1.54, 1.807) is 48.5 Å². The van der Waals surface area contributed by atoms with Crippen molar-refractivity contribution in [3.63, 3.8) is 0 Å². The first-order valence-corrected chi connectivity index (χ1v) is 8.03. The lowest BCUT2D eigenvalue weighted by molar-refractivity contribution is -0.119. The number of esters is 1. The second-order valence-electron chi connectivity index (χ2n) is 5.26. The van der Waals surface area contributed by atoms with Crippen molar-refractivity contribution in [1.82, 2.24) is 5.32 Å². The Morgan fingerprint density at radius 3 is 2.54 bits per heavy atom. The zero-order chi connectivity index (χ0) is 18.9. The van der Waals surface area contributed by atoms with E-state index in [1.165, 1.54) is 7.11 Å². The SMILES string of the molecule is CCNC(=O)c1cccc(NC(=O)COC(=O)c2ccccc2OC)c1. The number of hydrogen-bond donors (Lipinski definition) is 2. The summed E-state index contributed by atoms with van der Waals surface area (Å²) in [6.45, 7) is 1.87. The van der Waals surface area contributed by atoms with Gasteiger partial charge in [-0.3, -0.25) is 9.59 Å². The van der Waals surface area contributed by atoms with Crippen LogP contribution < -0.4 is 15.4 Å². The topological polar surface area (TPSA) is 93.7 Å². The molecular weight excluding hydrogens is 336 g/mol. The summed E-state index contributed by atoms with van der Waals surface area (Å²) >= 11 is 0. The first-order chi connectivity index (χ1) is 12.5. The van der Waals surface area contributed by atoms with Gasteiger partial charge in [-0.1, -0.05) is 18.2 Å². The first kappa shape index (κ1) is 19.0. The Kier molecular flexibility index (Phi) is 6.73. The van der Waals surface area contributed by atoms with E-state index in [0.717, 1.165) is 0 Å². The molecule has 7 heteroatoms. The number of rotatable bonds is 7. The third-order valence-corrected chi connectivity index (χ3v) is 3.41. The van der Waals surface area contributed by atoms with E-state index in [-0.39, 0.29) is 11.5 Å². The van der Waals surface area contributed by atoms with Gasteiger partial charge in [-0.15, -0.1) is 0 Å². The molecule has 2 N–H and O–H groups in total. The van der Waals surface area contributed by atoms with E-state index in [2.05, 4.69) is 10.6 Å². The molecule has 0 saturated heterocycles. The van der Waals surface area contributed by atoms with E-state index in [4.69, 9.17) is 9.47 Å². The van der Waals surface area contributed by atoms with E-state index in [9.17, 15) is 14.4 Å². The minimum absolute atomic E-state index is 0.230. The van der Waals surface area contributed by atoms with E-state index in [0.29, 0.717) is 23.5 Å². The molecule has 0 atom stereocenters. The number of amides is 2. The summed E-state index contributed by atoms with van der Waals surface area (Å²) in [5, 5.41) is 5.27. The van der Waals surface area contributed by atoms with Crippen LogP contribution in [0.3, 0.4) is 0 Å². The molecule has 0 aliphatic carbocycles. The highest BCUT2D eigenvalue weighted by atomic mass is 16.5. The van der Waals surface area contributed by atoms with Crippen LogP contribution in [0.4, 0.5) is 5.69 Å². The highest BCUT2D eigenvalue weighted by Gasteiger charge is 2.15. The molecule has 0 bridgehead atoms. The number of ether oxygens (including phenoxy) is 2. The van der Waals surface area contributed by atoms with Crippen LogP contribution in [0.25, 0.3) is 0 Å². The Labute approximate surface area is 151 Å². The minimum atomic E-state index is -0.659. The summed E-state index contributed by atoms with van der Waals surface area (Å²) in [5.74, 6) is -1.03. The molecule has 0 aromatic heterocycles. The van der Waals surface area contributed by atoms with Crippen molar-refractivity contribution < 1.29 is 23.9 Å². The average molecular weight is 356 g/mol. The smallest absolute Gasteiger partial charge is 0.342 e. The number of methoxy groups -OCH3 is 1. The van der Waals surface area contributed by atoms with Gasteiger partial charge in [0, 0.05) is 17.8 Å². The summed E-state index contributed by atoms with van der Waals surface area (Å²) in [7, 11) is 1.44. The van der Waals surface area contributed by atoms with Gasteiger partial charge in [-0.2, -0.15) is 0 Å². The van der Waals surface area contributed by atoms with Crippen molar-refractivity contribution in [3.8, 4) is 5.75 Å². The van der Waals surface area contributed by atoms with Crippen molar-refractivity contribution in [1.29, 1.82) is 0 Å². The van der Waals surface area contributed by atoms with Gasteiger partial charge >= 0.3 is 5.97 Å². The van der Waals surface area contributed by atoms with Crippen molar-refractivity contribution in [2.24, 2.45) is 0 Å². The molecule has 0 saturated carbocycles. The van der Waals surface area contributed by atoms with Crippen molar-refractivity contribution in [3.05, 3.63) is 59.7 Å². The van der Waals surface area contributed by atoms with E-state index >= 15 is 0 Å². The lowest BCUT2D eigenvalue weighted by atomic mass is 10.2. The molecule has 2 aromatic rings. The molecule has 0 radical (unpaired) electrons. The molecule has 0 spiro atoms. The van der Waals surface area contributed by atoms with Crippen LogP contribution in [0, 0.1) is 0 Å². The minimum Gasteiger partial charge on any atom is -0.496 e. The maximum atomic E-state index is 12.1. The molecule has 2 rings (SSSR count). The molecule has 0 aliphatic rings. The Bertz CT molecular complexity index is 804. The average Bonchev–Trinajstić information content (AvgIpc) is 2.66. The Balaban J connectivity index is 1.94. The third-order valence-electron chi connectivity index (χ3n) is 3.41. The molecule has 0 fully saturated rings. The summed E-state index contributed by atoms with van der Waals surface area (Å²) in [4.78, 5) is 35.9. The molecule has 26 heavy (non-hydrogen) atoms. The van der Waals surface area contributed by atoms with E-state index < -0.39 is 18.5 Å². The van der Waals surface area contributed by atoms with Crippen LogP contribution in [-0.2, 0) is 9.53 Å². The summed E-state index contributed by atoms with van der Waals surface area (Å²) in [5.41, 5.74) is 1.10. The second-order valence-corrected chi connectivity index (χ2v) is 5.26. The Morgan fingerprint density at radius 2 is 1.81 bits per heavy atom. The fourth-order valence-electron chi connectivity index (χ4n) is 2.22. The summed E-state index contributed by atoms with van der Waals surface area (Å²) < 4.78 is 10.1. The van der Waals surface area contributed by atoms with Gasteiger partial charge in [0.15, 0.2) is 6.61 Å². The van der Waals surface area contributed by atoms with Crippen molar-refractivity contribution >= 4 is 23.5 Å². The van der Waals surface area contributed by atoms with Crippen LogP contribution in [0.5, 0.6) is 5.75 Å². The first-order valence-electron chi connectivity index (χ1n) is 8.03. The molecule has 0 aliphatic heterocycles. The number of carbonyl (C=O) groups is 3. The standard InChI is InChI=1S/C19H20N2O5/c1-3-20-18(23)13-7-6-8-14(11-13)21-17(22)12-26-19(24)15-9-4-5-10-16(15)25-2/h4-11H,3,12H2,1-2H3,(H,20,23)(H,21,22). The highest BCUT2D eigenvalue weighted by Crippen LogP contribution is 2.18. The fraction of sp³-hybridized carbons (Fsp3) is 0.211. The highest BCUT2D eigenvalue weighted by molar-refractivity contribution is 5.98. The lowest BCUT2D eigenvalue weighted by Gasteiger charge is -2.10. The van der Waals surface area contributed by atoms with Gasteiger partial charge < -0.3 is 20.1 Å². The van der Waals surface area contributed by atoms with Gasteiger partial charge in [-0.25, -0.2) is 4.79 Å². The molecule has 2 aromatic carbocycles. The quantitative estimate of drug-likeness (QED) is 0.742. The summed E-state index contributed by atoms with van der Waals surface area (Å²) in [6.07, 6.45) is 0. The fourth-order valence-corrected chi connectivity index (χ4v) is 2.22. The Hall–Kier alpha value is -3.35. The maximum Gasteiger partial charge on any atom is 0.342 e. The van der Waals surface area contributed by atoms with Crippen LogP contribution in [0.15, 0.2) is 48.5 Å². The molecule has 136 valence electrons. The zero-order valence-electron chi connectivity index (χ0n) is 14.6. The molecule has 0 heterocycles. The van der Waals surface area contributed by atoms with Crippen LogP contribution in [0.2, 0.25) is 0 Å². The summed E-state index contributed by atoms with van der Waals surface area (Å²) in [6, 6.07) is 13.1. The molecule has 7 nitrogen and oxygen atoms in total. The predicted octanol–water partition coefficient (Wildman–Crippen LogP) is 2.24. The number of carbonyl (C=O) groups excluding carboxylic acids is 3. The zero-order valence-corrected chi connectivity index (χ0v) is 14.6. The normalized spacial score (nSPS) is 9.92. The van der Waals surface area contributed by atoms with Gasteiger partial charge in [0.2, 0.25) is 0 Å². The Morgan fingerprint density at radius 1 is 1.04 bits per heavy atom. The molecule has 0 unspecified atom stereocenters. The largest absolute Gasteiger partial charge is 0.496 e. The van der Waals surface area contributed by atoms with Crippen molar-refractivity contribution in [2.45, 2.75) is 6.92 Å². The molecular formula is C19H20N2O5. The second kappa shape index (κ2) is 9.22. The van der Waals surface area contributed by atoms with E-state index in [1.807, 2.05) is 6.92 Å². The predicted molar refractivity (Wildman–Crippen MR) is 96.4 cm³/mol. The number of hydrogen-bond acceptors (Lipinski definition) is 5. The number of nitrogens with one attached hydrogen (secondary N) is 2. The van der Waals surface area contributed by atoms with Gasteiger partial charge in [0.1, 0.15) is 11.3 Å². The van der Waals surface area contributed by atoms with Crippen LogP contribution in [0.1, 0.15) is 27.6 Å². The monoisotopic (exact) mass is 356 g/mol. The van der Waals surface area contributed by atoms with Gasteiger partial charge in [-0.05, 0) is 37.3 Å². The number of para-hydroxylation sites is 1. The maximum absolute atomic E-state index is 12.1. The van der Waals surface area contributed by atoms with Crippen molar-refractivity contribution in [2.75, 3.05) is 25.6 Å².